The van der Waals surface area contributed by atoms with Gasteiger partial charge in [0, 0.05) is 18.7 Å². The smallest absolute Gasteiger partial charge is 0.204 e. The number of hydrogen-bond acceptors (Lipinski definition) is 7. The van der Waals surface area contributed by atoms with Gasteiger partial charge in [-0.1, -0.05) is 0 Å². The quantitative estimate of drug-likeness (QED) is 0.551. The Morgan fingerprint density at radius 2 is 2.04 bits per heavy atom. The number of nitrogens with zero attached hydrogens (tertiary/aromatic N) is 4. The van der Waals surface area contributed by atoms with E-state index in [4.69, 9.17) is 19.9 Å². The van der Waals surface area contributed by atoms with Crippen LogP contribution < -0.4 is 14.8 Å². The molecular formula is C16H18N6O2. The molecule has 0 fully saturated rings. The highest BCUT2D eigenvalue weighted by Gasteiger charge is 2.18. The van der Waals surface area contributed by atoms with Crippen LogP contribution in [0.3, 0.4) is 0 Å². The first-order valence-corrected chi connectivity index (χ1v) is 7.96. The van der Waals surface area contributed by atoms with Gasteiger partial charge in [0.2, 0.25) is 5.65 Å². The van der Waals surface area contributed by atoms with Crippen LogP contribution in [0.4, 0.5) is 5.82 Å². The van der Waals surface area contributed by atoms with Gasteiger partial charge in [0.15, 0.2) is 17.3 Å². The fourth-order valence-electron chi connectivity index (χ4n) is 2.84. The number of aryl methyl sites for hydroxylation is 1. The van der Waals surface area contributed by atoms with Crippen LogP contribution in [0.5, 0.6) is 11.5 Å². The summed E-state index contributed by atoms with van der Waals surface area (Å²) in [5.74, 6) is 2.90. The second-order valence-electron chi connectivity index (χ2n) is 5.62. The van der Waals surface area contributed by atoms with Gasteiger partial charge in [0.05, 0.1) is 11.0 Å². The fraction of sp³-hybridized carbons (Fsp3) is 0.375. The van der Waals surface area contributed by atoms with Gasteiger partial charge in [-0.15, -0.1) is 10.2 Å². The van der Waals surface area contributed by atoms with E-state index < -0.39 is 0 Å². The number of unbranched alkanes of at least 4 members (excludes halogenated alkanes) is 1. The summed E-state index contributed by atoms with van der Waals surface area (Å²) < 4.78 is 13.3. The standard InChI is InChI=1S/C16H18N6O2/c1-10-20-21-16-15(18-5-3-2-4-17)19-11-8-13-14(24-7-6-23-13)9-12(11)22(10)16/h4,8-9,17H,2-3,5-7H2,1H3,(H,18,19). The molecule has 0 saturated heterocycles. The van der Waals surface area contributed by atoms with E-state index >= 15 is 0 Å². The normalized spacial score (nSPS) is 13.4. The lowest BCUT2D eigenvalue weighted by atomic mass is 10.2. The zero-order chi connectivity index (χ0) is 16.5. The summed E-state index contributed by atoms with van der Waals surface area (Å²) in [6.45, 7) is 3.72. The number of aromatic nitrogens is 4. The monoisotopic (exact) mass is 326 g/mol. The first-order chi connectivity index (χ1) is 11.8. The molecule has 0 atom stereocenters. The van der Waals surface area contributed by atoms with Gasteiger partial charge in [-0.25, -0.2) is 4.98 Å². The van der Waals surface area contributed by atoms with E-state index in [1.807, 2.05) is 23.5 Å². The van der Waals surface area contributed by atoms with Crippen LogP contribution in [0.25, 0.3) is 16.7 Å². The highest BCUT2D eigenvalue weighted by molar-refractivity contribution is 5.86. The van der Waals surface area contributed by atoms with Crippen molar-refractivity contribution in [3.63, 3.8) is 0 Å². The SMILES string of the molecule is Cc1nnc2c(NCCCC=N)nc3cc4c(cc3n12)OCCO4. The Bertz CT molecular complexity index is 920. The van der Waals surface area contributed by atoms with Crippen molar-refractivity contribution in [1.29, 1.82) is 5.41 Å². The minimum absolute atomic E-state index is 0.543. The molecule has 2 N–H and O–H groups in total. The number of anilines is 1. The molecule has 1 aliphatic heterocycles. The van der Waals surface area contributed by atoms with Crippen molar-refractivity contribution in [2.75, 3.05) is 25.1 Å². The van der Waals surface area contributed by atoms with E-state index in [1.54, 1.807) is 0 Å². The van der Waals surface area contributed by atoms with Crippen molar-refractivity contribution < 1.29 is 9.47 Å². The Morgan fingerprint density at radius 1 is 1.25 bits per heavy atom. The van der Waals surface area contributed by atoms with Crippen molar-refractivity contribution in [3.05, 3.63) is 18.0 Å². The Hall–Kier alpha value is -2.90. The summed E-state index contributed by atoms with van der Waals surface area (Å²) in [7, 11) is 0. The average Bonchev–Trinajstić information content (AvgIpc) is 2.99. The maximum Gasteiger partial charge on any atom is 0.204 e. The highest BCUT2D eigenvalue weighted by atomic mass is 16.6. The molecule has 0 unspecified atom stereocenters. The number of fused-ring (bicyclic) bond motifs is 4. The molecule has 0 amide bonds. The molecule has 24 heavy (non-hydrogen) atoms. The van der Waals surface area contributed by atoms with Crippen molar-refractivity contribution >= 4 is 28.7 Å². The summed E-state index contributed by atoms with van der Waals surface area (Å²) in [6.07, 6.45) is 3.01. The van der Waals surface area contributed by atoms with Crippen LogP contribution in [0.2, 0.25) is 0 Å². The van der Waals surface area contributed by atoms with E-state index in [0.29, 0.717) is 30.4 Å². The number of nitrogens with one attached hydrogen (secondary N) is 2. The molecule has 1 aromatic carbocycles. The van der Waals surface area contributed by atoms with Crippen molar-refractivity contribution in [2.24, 2.45) is 0 Å². The van der Waals surface area contributed by atoms with Crippen LogP contribution in [-0.2, 0) is 0 Å². The second-order valence-corrected chi connectivity index (χ2v) is 5.62. The van der Waals surface area contributed by atoms with Gasteiger partial charge in [0.25, 0.3) is 0 Å². The molecule has 124 valence electrons. The number of rotatable bonds is 5. The zero-order valence-corrected chi connectivity index (χ0v) is 13.4. The van der Waals surface area contributed by atoms with Crippen molar-refractivity contribution in [3.8, 4) is 11.5 Å². The molecule has 0 aliphatic carbocycles. The summed E-state index contributed by atoms with van der Waals surface area (Å²) in [6, 6.07) is 3.82. The molecule has 8 nitrogen and oxygen atoms in total. The van der Waals surface area contributed by atoms with Gasteiger partial charge in [0.1, 0.15) is 19.0 Å². The van der Waals surface area contributed by atoms with Crippen molar-refractivity contribution in [2.45, 2.75) is 19.8 Å². The lowest BCUT2D eigenvalue weighted by Gasteiger charge is -2.19. The molecule has 4 rings (SSSR count). The van der Waals surface area contributed by atoms with Crippen LogP contribution in [0.15, 0.2) is 12.1 Å². The highest BCUT2D eigenvalue weighted by Crippen LogP contribution is 2.35. The largest absolute Gasteiger partial charge is 0.486 e. The molecule has 1 aliphatic rings. The summed E-state index contributed by atoms with van der Waals surface area (Å²) >= 11 is 0. The lowest BCUT2D eigenvalue weighted by Crippen LogP contribution is -2.15. The minimum atomic E-state index is 0.543. The predicted octanol–water partition coefficient (Wildman–Crippen LogP) is 2.20. The third-order valence-electron chi connectivity index (χ3n) is 3.97. The molecule has 2 aromatic heterocycles. The van der Waals surface area contributed by atoms with Gasteiger partial charge < -0.3 is 20.2 Å². The molecular weight excluding hydrogens is 308 g/mol. The Kier molecular flexibility index (Phi) is 3.64. The lowest BCUT2D eigenvalue weighted by molar-refractivity contribution is 0.172. The van der Waals surface area contributed by atoms with E-state index in [0.717, 1.165) is 42.0 Å². The van der Waals surface area contributed by atoms with Crippen molar-refractivity contribution in [1.82, 2.24) is 19.6 Å². The van der Waals surface area contributed by atoms with E-state index in [1.165, 1.54) is 6.21 Å². The molecule has 0 radical (unpaired) electrons. The average molecular weight is 326 g/mol. The number of hydrogen-bond donors (Lipinski definition) is 2. The number of benzene rings is 1. The molecule has 3 heterocycles. The molecule has 8 heteroatoms. The molecule has 0 spiro atoms. The molecule has 0 saturated carbocycles. The summed E-state index contributed by atoms with van der Waals surface area (Å²) in [5.41, 5.74) is 2.37. The maximum atomic E-state index is 7.10. The summed E-state index contributed by atoms with van der Waals surface area (Å²) in [5, 5.41) is 18.8. The van der Waals surface area contributed by atoms with Gasteiger partial charge >= 0.3 is 0 Å². The first kappa shape index (κ1) is 14.7. The molecule has 0 bridgehead atoms. The second kappa shape index (κ2) is 5.95. The Labute approximate surface area is 138 Å². The number of ether oxygens (including phenoxy) is 2. The van der Waals surface area contributed by atoms with Crippen LogP contribution >= 0.6 is 0 Å². The van der Waals surface area contributed by atoms with E-state index in [-0.39, 0.29) is 0 Å². The fourth-order valence-corrected chi connectivity index (χ4v) is 2.84. The maximum absolute atomic E-state index is 7.10. The van der Waals surface area contributed by atoms with Crippen LogP contribution in [0.1, 0.15) is 18.7 Å². The van der Waals surface area contributed by atoms with E-state index in [2.05, 4.69) is 15.5 Å². The molecule has 3 aromatic rings. The van der Waals surface area contributed by atoms with Crippen LogP contribution in [0, 0.1) is 12.3 Å². The Morgan fingerprint density at radius 3 is 2.83 bits per heavy atom. The Balaban J connectivity index is 1.85. The van der Waals surface area contributed by atoms with Gasteiger partial charge in [-0.2, -0.15) is 0 Å². The zero-order valence-electron chi connectivity index (χ0n) is 13.4. The van der Waals surface area contributed by atoms with Crippen LogP contribution in [-0.4, -0.2) is 45.6 Å². The predicted molar refractivity (Wildman–Crippen MR) is 90.5 cm³/mol. The third-order valence-corrected chi connectivity index (χ3v) is 3.97. The van der Waals surface area contributed by atoms with E-state index in [9.17, 15) is 0 Å². The first-order valence-electron chi connectivity index (χ1n) is 7.96. The topological polar surface area (TPSA) is 97.4 Å². The summed E-state index contributed by atoms with van der Waals surface area (Å²) in [4.78, 5) is 4.70. The third kappa shape index (κ3) is 2.40. The van der Waals surface area contributed by atoms with Gasteiger partial charge in [-0.3, -0.25) is 4.40 Å². The van der Waals surface area contributed by atoms with Gasteiger partial charge in [-0.05, 0) is 26.0 Å². The minimum Gasteiger partial charge on any atom is -0.486 e.